The van der Waals surface area contributed by atoms with E-state index in [0.29, 0.717) is 43.1 Å². The number of ether oxygens (including phenoxy) is 1. The monoisotopic (exact) mass is 472 g/mol. The third-order valence-corrected chi connectivity index (χ3v) is 7.79. The molecule has 0 radical (unpaired) electrons. The zero-order chi connectivity index (χ0) is 24.2. The van der Waals surface area contributed by atoms with Crippen molar-refractivity contribution in [2.75, 3.05) is 32.8 Å². The third-order valence-electron chi connectivity index (χ3n) is 5.87. The number of nitriles is 1. The molecule has 1 aliphatic heterocycles. The molecule has 1 N–H and O–H groups in total. The highest BCUT2D eigenvalue weighted by Crippen LogP contribution is 2.21. The normalized spacial score (nSPS) is 14.7. The molecule has 0 saturated carbocycles. The second-order valence-electron chi connectivity index (χ2n) is 7.86. The summed E-state index contributed by atoms with van der Waals surface area (Å²) in [7, 11) is -3.65. The molecule has 1 amide bonds. The van der Waals surface area contributed by atoms with Crippen molar-refractivity contribution in [1.82, 2.24) is 14.2 Å². The fourth-order valence-electron chi connectivity index (χ4n) is 4.01. The zero-order valence-corrected chi connectivity index (χ0v) is 19.9. The number of aromatic nitrogens is 1. The van der Waals surface area contributed by atoms with Gasteiger partial charge in [0, 0.05) is 38.3 Å². The molecule has 0 spiro atoms. The van der Waals surface area contributed by atoms with Crippen molar-refractivity contribution >= 4 is 15.9 Å². The summed E-state index contributed by atoms with van der Waals surface area (Å²) in [6, 6.07) is 8.24. The van der Waals surface area contributed by atoms with Crippen LogP contribution in [0.15, 0.2) is 34.0 Å². The van der Waals surface area contributed by atoms with E-state index >= 15 is 0 Å². The maximum absolute atomic E-state index is 12.9. The minimum absolute atomic E-state index is 0.0659. The van der Waals surface area contributed by atoms with Gasteiger partial charge in [0.2, 0.25) is 15.9 Å². The molecule has 0 bridgehead atoms. The van der Waals surface area contributed by atoms with Gasteiger partial charge in [0.15, 0.2) is 0 Å². The molecular weight excluding hydrogens is 444 g/mol. The number of nitrogens with zero attached hydrogens (tertiary/aromatic N) is 3. The maximum Gasteiger partial charge on any atom is 0.266 e. The molecule has 0 atom stereocenters. The average Bonchev–Trinajstić information content (AvgIpc) is 2.79. The van der Waals surface area contributed by atoms with Crippen LogP contribution in [-0.2, 0) is 21.2 Å². The van der Waals surface area contributed by atoms with Crippen LogP contribution in [0, 0.1) is 25.2 Å². The summed E-state index contributed by atoms with van der Waals surface area (Å²) in [6.45, 7) is 6.88. The van der Waals surface area contributed by atoms with Gasteiger partial charge in [0.25, 0.3) is 5.56 Å². The number of amides is 1. The summed E-state index contributed by atoms with van der Waals surface area (Å²) in [5.41, 5.74) is 1.67. The standard InChI is InChI=1S/C23H28N4O5S/c1-4-32-18-5-7-19(8-6-18)33(30,31)27-13-11-26(12-14-27)22(28)10-9-20-16(2)21(15-24)23(29)25-17(20)3/h5-8H,4,9-14H2,1-3H3,(H,25,29). The minimum atomic E-state index is -3.65. The van der Waals surface area contributed by atoms with Gasteiger partial charge in [-0.25, -0.2) is 8.42 Å². The molecule has 1 aromatic heterocycles. The van der Waals surface area contributed by atoms with Gasteiger partial charge in [-0.2, -0.15) is 9.57 Å². The molecule has 2 aromatic rings. The first-order valence-corrected chi connectivity index (χ1v) is 12.3. The quantitative estimate of drug-likeness (QED) is 0.655. The molecule has 0 unspecified atom stereocenters. The number of piperazine rings is 1. The number of pyridine rings is 1. The van der Waals surface area contributed by atoms with Crippen molar-refractivity contribution in [1.29, 1.82) is 5.26 Å². The molecule has 176 valence electrons. The molecule has 2 heterocycles. The predicted molar refractivity (Wildman–Crippen MR) is 123 cm³/mol. The highest BCUT2D eigenvalue weighted by molar-refractivity contribution is 7.89. The summed E-state index contributed by atoms with van der Waals surface area (Å²) in [5.74, 6) is 0.526. The summed E-state index contributed by atoms with van der Waals surface area (Å²) in [4.78, 5) is 29.1. The first-order chi connectivity index (χ1) is 15.7. The Bertz CT molecular complexity index is 1220. The van der Waals surface area contributed by atoms with Crippen LogP contribution in [0.3, 0.4) is 0 Å². The number of nitrogens with one attached hydrogen (secondary N) is 1. The van der Waals surface area contributed by atoms with Gasteiger partial charge in [0.05, 0.1) is 11.5 Å². The Morgan fingerprint density at radius 2 is 1.79 bits per heavy atom. The number of aromatic amines is 1. The number of hydrogen-bond acceptors (Lipinski definition) is 6. The van der Waals surface area contributed by atoms with Gasteiger partial charge in [-0.3, -0.25) is 9.59 Å². The lowest BCUT2D eigenvalue weighted by Crippen LogP contribution is -2.50. The van der Waals surface area contributed by atoms with E-state index in [9.17, 15) is 23.3 Å². The number of hydrogen-bond donors (Lipinski definition) is 1. The summed E-state index contributed by atoms with van der Waals surface area (Å²) in [6.07, 6.45) is 0.608. The van der Waals surface area contributed by atoms with Crippen molar-refractivity contribution in [3.05, 3.63) is 57.0 Å². The molecule has 9 nitrogen and oxygen atoms in total. The van der Waals surface area contributed by atoms with E-state index < -0.39 is 15.6 Å². The zero-order valence-electron chi connectivity index (χ0n) is 19.1. The molecule has 1 fully saturated rings. The number of H-pyrrole nitrogens is 1. The second-order valence-corrected chi connectivity index (χ2v) is 9.80. The first-order valence-electron chi connectivity index (χ1n) is 10.8. The Labute approximate surface area is 193 Å². The molecule has 10 heteroatoms. The second kappa shape index (κ2) is 10.2. The van der Waals surface area contributed by atoms with Crippen LogP contribution in [0.2, 0.25) is 0 Å². The lowest BCUT2D eigenvalue weighted by molar-refractivity contribution is -0.132. The van der Waals surface area contributed by atoms with E-state index in [0.717, 1.165) is 5.56 Å². The highest BCUT2D eigenvalue weighted by Gasteiger charge is 2.30. The van der Waals surface area contributed by atoms with Crippen LogP contribution in [0.25, 0.3) is 0 Å². The third kappa shape index (κ3) is 5.26. The molecule has 33 heavy (non-hydrogen) atoms. The van der Waals surface area contributed by atoms with Crippen LogP contribution in [0.1, 0.15) is 35.7 Å². The van der Waals surface area contributed by atoms with Crippen LogP contribution < -0.4 is 10.3 Å². The molecule has 1 aromatic carbocycles. The van der Waals surface area contributed by atoms with Crippen LogP contribution in [0.5, 0.6) is 5.75 Å². The Hall–Kier alpha value is -3.16. The number of carbonyl (C=O) groups is 1. The maximum atomic E-state index is 12.9. The fourth-order valence-corrected chi connectivity index (χ4v) is 5.43. The predicted octanol–water partition coefficient (Wildman–Crippen LogP) is 1.73. The van der Waals surface area contributed by atoms with Crippen molar-refractivity contribution in [2.24, 2.45) is 0 Å². The SMILES string of the molecule is CCOc1ccc(S(=O)(=O)N2CCN(C(=O)CCc3c(C)[nH]c(=O)c(C#N)c3C)CC2)cc1. The van der Waals surface area contributed by atoms with Gasteiger partial charge in [0.1, 0.15) is 17.4 Å². The lowest BCUT2D eigenvalue weighted by atomic mass is 9.99. The van der Waals surface area contributed by atoms with Crippen molar-refractivity contribution in [3.63, 3.8) is 0 Å². The topological polar surface area (TPSA) is 124 Å². The first kappa shape index (κ1) is 24.5. The summed E-state index contributed by atoms with van der Waals surface area (Å²) >= 11 is 0. The number of rotatable bonds is 7. The number of aryl methyl sites for hydroxylation is 1. The van der Waals surface area contributed by atoms with Gasteiger partial charge in [-0.15, -0.1) is 0 Å². The lowest BCUT2D eigenvalue weighted by Gasteiger charge is -2.34. The fraction of sp³-hybridized carbons (Fsp3) is 0.435. The van der Waals surface area contributed by atoms with Crippen molar-refractivity contribution in [2.45, 2.75) is 38.5 Å². The smallest absolute Gasteiger partial charge is 0.266 e. The highest BCUT2D eigenvalue weighted by atomic mass is 32.2. The molecule has 1 aliphatic rings. The van der Waals surface area contributed by atoms with Gasteiger partial charge in [-0.1, -0.05) is 0 Å². The molecular formula is C23H28N4O5S. The average molecular weight is 473 g/mol. The molecule has 3 rings (SSSR count). The van der Waals surface area contributed by atoms with Crippen LogP contribution in [-0.4, -0.2) is 61.3 Å². The van der Waals surface area contributed by atoms with Gasteiger partial charge < -0.3 is 14.6 Å². The van der Waals surface area contributed by atoms with E-state index in [2.05, 4.69) is 4.98 Å². The van der Waals surface area contributed by atoms with Gasteiger partial charge in [-0.05, 0) is 62.6 Å². The van der Waals surface area contributed by atoms with E-state index in [1.807, 2.05) is 13.0 Å². The Morgan fingerprint density at radius 3 is 2.36 bits per heavy atom. The van der Waals surface area contributed by atoms with E-state index in [-0.39, 0.29) is 35.9 Å². The molecule has 1 saturated heterocycles. The Morgan fingerprint density at radius 1 is 1.15 bits per heavy atom. The number of carbonyl (C=O) groups excluding carboxylic acids is 1. The van der Waals surface area contributed by atoms with E-state index in [1.54, 1.807) is 30.9 Å². The summed E-state index contributed by atoms with van der Waals surface area (Å²) < 4.78 is 32.6. The van der Waals surface area contributed by atoms with Crippen LogP contribution >= 0.6 is 0 Å². The van der Waals surface area contributed by atoms with E-state index in [4.69, 9.17) is 4.74 Å². The van der Waals surface area contributed by atoms with Crippen LogP contribution in [0.4, 0.5) is 0 Å². The van der Waals surface area contributed by atoms with E-state index in [1.165, 1.54) is 16.4 Å². The van der Waals surface area contributed by atoms with Crippen molar-refractivity contribution < 1.29 is 17.9 Å². The molecule has 0 aliphatic carbocycles. The Kier molecular flexibility index (Phi) is 7.56. The Balaban J connectivity index is 1.60. The minimum Gasteiger partial charge on any atom is -0.494 e. The largest absolute Gasteiger partial charge is 0.494 e. The van der Waals surface area contributed by atoms with Crippen molar-refractivity contribution in [3.8, 4) is 11.8 Å². The number of benzene rings is 1. The summed E-state index contributed by atoms with van der Waals surface area (Å²) in [5, 5.41) is 9.20. The number of sulfonamides is 1. The van der Waals surface area contributed by atoms with Gasteiger partial charge >= 0.3 is 0 Å².